The number of hydrogen-bond acceptors (Lipinski definition) is 7. The number of imidazole rings is 1. The molecule has 0 bridgehead atoms. The van der Waals surface area contributed by atoms with Crippen LogP contribution in [-0.2, 0) is 20.9 Å². The average Bonchev–Trinajstić information content (AvgIpc) is 3.63. The molecule has 2 fully saturated rings. The molecule has 2 aromatic carbocycles. The van der Waals surface area contributed by atoms with Crippen LogP contribution >= 0.6 is 0 Å². The topological polar surface area (TPSA) is 111 Å². The predicted octanol–water partition coefficient (Wildman–Crippen LogP) is 5.69. The fraction of sp³-hybridized carbons (Fsp3) is 0.400. The molecule has 1 amide bonds. The lowest BCUT2D eigenvalue weighted by molar-refractivity contribution is -0.142. The molecule has 1 aliphatic carbocycles. The summed E-state index contributed by atoms with van der Waals surface area (Å²) in [5.74, 6) is -1.38. The molecule has 41 heavy (non-hydrogen) atoms. The monoisotopic (exact) mass is 564 g/mol. The van der Waals surface area contributed by atoms with Crippen LogP contribution < -0.4 is 4.90 Å². The fourth-order valence-corrected chi connectivity index (χ4v) is 6.15. The summed E-state index contributed by atoms with van der Waals surface area (Å²) in [4.78, 5) is 31.0. The van der Waals surface area contributed by atoms with Crippen LogP contribution in [0.2, 0.25) is 0 Å². The summed E-state index contributed by atoms with van der Waals surface area (Å²) in [6, 6.07) is 8.87. The number of ether oxygens (including phenoxy) is 1. The van der Waals surface area contributed by atoms with E-state index in [4.69, 9.17) is 14.2 Å². The molecular formula is C30H30F2N4O5. The van der Waals surface area contributed by atoms with Crippen LogP contribution in [0, 0.1) is 18.6 Å². The molecule has 6 rings (SSSR count). The standard InChI is InChI=1S/C30H30F2N4O5/c1-16-29(25(34-41-16)15-40-17(2)37)18-3-10-26-24(13-18)33-30(36(26)19-4-7-21(38)8-5-19)27-11-12-28(39)35(27)20-6-9-22(31)23(32)14-20/h3,6,9-10,13-14,19,21,27,38H,4-5,7-8,11-12,15H2,1-2H3/t19?,21?,27-/m0/s1. The number of aliphatic hydroxyl groups is 1. The second-order valence-corrected chi connectivity index (χ2v) is 10.8. The lowest BCUT2D eigenvalue weighted by Gasteiger charge is -2.31. The number of benzene rings is 2. The highest BCUT2D eigenvalue weighted by atomic mass is 19.2. The molecule has 2 aliphatic rings. The third kappa shape index (κ3) is 4.99. The summed E-state index contributed by atoms with van der Waals surface area (Å²) in [5.41, 5.74) is 3.82. The van der Waals surface area contributed by atoms with Crippen molar-refractivity contribution in [3.8, 4) is 11.1 Å². The first-order valence-electron chi connectivity index (χ1n) is 13.8. The third-order valence-corrected chi connectivity index (χ3v) is 8.07. The molecule has 3 heterocycles. The van der Waals surface area contributed by atoms with Crippen LogP contribution in [0.5, 0.6) is 0 Å². The van der Waals surface area contributed by atoms with Crippen LogP contribution in [-0.4, -0.2) is 37.8 Å². The molecule has 2 aromatic heterocycles. The molecule has 0 unspecified atom stereocenters. The number of amides is 1. The van der Waals surface area contributed by atoms with Crippen LogP contribution in [0.4, 0.5) is 14.5 Å². The number of halogens is 2. The van der Waals surface area contributed by atoms with Crippen molar-refractivity contribution in [2.75, 3.05) is 4.90 Å². The first kappa shape index (κ1) is 27.1. The number of aliphatic hydroxyl groups excluding tert-OH is 1. The maximum atomic E-state index is 14.2. The van der Waals surface area contributed by atoms with Gasteiger partial charge in [0.15, 0.2) is 11.6 Å². The fourth-order valence-electron chi connectivity index (χ4n) is 6.15. The quantitative estimate of drug-likeness (QED) is 0.300. The van der Waals surface area contributed by atoms with E-state index in [-0.39, 0.29) is 36.8 Å². The van der Waals surface area contributed by atoms with Crippen molar-refractivity contribution in [2.24, 2.45) is 0 Å². The minimum atomic E-state index is -1.02. The highest BCUT2D eigenvalue weighted by Crippen LogP contribution is 2.42. The number of carbonyl (C=O) groups is 2. The van der Waals surface area contributed by atoms with Gasteiger partial charge in [-0.05, 0) is 68.9 Å². The molecular weight excluding hydrogens is 534 g/mol. The van der Waals surface area contributed by atoms with Crippen molar-refractivity contribution in [3.63, 3.8) is 0 Å². The zero-order chi connectivity index (χ0) is 28.8. The van der Waals surface area contributed by atoms with E-state index in [0.717, 1.165) is 36.1 Å². The summed E-state index contributed by atoms with van der Waals surface area (Å²) in [5, 5.41) is 14.2. The minimum Gasteiger partial charge on any atom is -0.459 e. The normalized spacial score (nSPS) is 21.1. The molecule has 1 atom stereocenters. The van der Waals surface area contributed by atoms with E-state index in [1.54, 1.807) is 6.92 Å². The number of carbonyl (C=O) groups excluding carboxylic acids is 2. The Balaban J connectivity index is 1.47. The lowest BCUT2D eigenvalue weighted by Crippen LogP contribution is -2.31. The Morgan fingerprint density at radius 3 is 2.61 bits per heavy atom. The SMILES string of the molecule is CC(=O)OCc1noc(C)c1-c1ccc2c(c1)nc([C@@H]1CCC(=O)N1c1ccc(F)c(F)c1)n2C1CCC(O)CC1. The van der Waals surface area contributed by atoms with Gasteiger partial charge >= 0.3 is 5.97 Å². The number of aryl methyl sites for hydroxylation is 1. The smallest absolute Gasteiger partial charge is 0.303 e. The van der Waals surface area contributed by atoms with Crippen LogP contribution in [0.15, 0.2) is 40.9 Å². The van der Waals surface area contributed by atoms with Crippen molar-refractivity contribution >= 4 is 28.6 Å². The number of fused-ring (bicyclic) bond motifs is 1. The van der Waals surface area contributed by atoms with Crippen LogP contribution in [0.25, 0.3) is 22.2 Å². The Kier molecular flexibility index (Phi) is 7.06. The van der Waals surface area contributed by atoms with E-state index in [2.05, 4.69) is 9.72 Å². The summed E-state index contributed by atoms with van der Waals surface area (Å²) in [6.45, 7) is 3.08. The van der Waals surface area contributed by atoms with E-state index in [9.17, 15) is 23.5 Å². The molecule has 1 N–H and O–H groups in total. The maximum Gasteiger partial charge on any atom is 0.303 e. The van der Waals surface area contributed by atoms with Gasteiger partial charge in [0.2, 0.25) is 5.91 Å². The number of esters is 1. The molecule has 1 saturated carbocycles. The van der Waals surface area contributed by atoms with Gasteiger partial charge in [-0.2, -0.15) is 0 Å². The van der Waals surface area contributed by atoms with Crippen molar-refractivity contribution in [1.82, 2.24) is 14.7 Å². The number of nitrogens with zero attached hydrogens (tertiary/aromatic N) is 4. The van der Waals surface area contributed by atoms with Gasteiger partial charge in [0.05, 0.1) is 28.7 Å². The Morgan fingerprint density at radius 1 is 1.10 bits per heavy atom. The first-order chi connectivity index (χ1) is 19.7. The van der Waals surface area contributed by atoms with E-state index < -0.39 is 23.6 Å². The molecule has 0 spiro atoms. The number of hydrogen-bond donors (Lipinski definition) is 1. The van der Waals surface area contributed by atoms with Gasteiger partial charge in [-0.3, -0.25) is 9.59 Å². The summed E-state index contributed by atoms with van der Waals surface area (Å²) >= 11 is 0. The Labute approximate surface area is 234 Å². The Hall–Kier alpha value is -4.12. The zero-order valence-corrected chi connectivity index (χ0v) is 22.8. The Bertz CT molecular complexity index is 1640. The van der Waals surface area contributed by atoms with E-state index in [0.29, 0.717) is 47.6 Å². The van der Waals surface area contributed by atoms with Crippen molar-refractivity contribution in [1.29, 1.82) is 0 Å². The molecule has 9 nitrogen and oxygen atoms in total. The van der Waals surface area contributed by atoms with Gasteiger partial charge in [-0.25, -0.2) is 13.8 Å². The minimum absolute atomic E-state index is 0.0302. The van der Waals surface area contributed by atoms with Gasteiger partial charge in [-0.15, -0.1) is 0 Å². The largest absolute Gasteiger partial charge is 0.459 e. The van der Waals surface area contributed by atoms with Gasteiger partial charge in [0.25, 0.3) is 0 Å². The molecule has 11 heteroatoms. The van der Waals surface area contributed by atoms with Crippen LogP contribution in [0.3, 0.4) is 0 Å². The number of rotatable bonds is 6. The van der Waals surface area contributed by atoms with Crippen molar-refractivity contribution < 1.29 is 32.7 Å². The number of aromatic nitrogens is 3. The van der Waals surface area contributed by atoms with Crippen molar-refractivity contribution in [3.05, 3.63) is 65.3 Å². The van der Waals surface area contributed by atoms with Gasteiger partial charge in [-0.1, -0.05) is 11.2 Å². The van der Waals surface area contributed by atoms with Gasteiger partial charge in [0, 0.05) is 31.1 Å². The van der Waals surface area contributed by atoms with Gasteiger partial charge < -0.3 is 23.8 Å². The molecule has 214 valence electrons. The summed E-state index contributed by atoms with van der Waals surface area (Å²) in [6.07, 6.45) is 3.15. The van der Waals surface area contributed by atoms with Crippen molar-refractivity contribution in [2.45, 2.75) is 77.2 Å². The zero-order valence-electron chi connectivity index (χ0n) is 22.8. The number of anilines is 1. The first-order valence-corrected chi connectivity index (χ1v) is 13.8. The molecule has 0 radical (unpaired) electrons. The Morgan fingerprint density at radius 2 is 1.88 bits per heavy atom. The van der Waals surface area contributed by atoms with Crippen LogP contribution in [0.1, 0.15) is 74.8 Å². The average molecular weight is 565 g/mol. The summed E-state index contributed by atoms with van der Waals surface area (Å²) in [7, 11) is 0. The second kappa shape index (κ2) is 10.7. The molecule has 1 aliphatic heterocycles. The molecule has 1 saturated heterocycles. The third-order valence-electron chi connectivity index (χ3n) is 8.07. The van der Waals surface area contributed by atoms with E-state index >= 15 is 0 Å². The highest BCUT2D eigenvalue weighted by molar-refractivity contribution is 5.96. The van der Waals surface area contributed by atoms with E-state index in [1.165, 1.54) is 17.9 Å². The highest BCUT2D eigenvalue weighted by Gasteiger charge is 2.38. The summed E-state index contributed by atoms with van der Waals surface area (Å²) < 4.78 is 40.7. The maximum absolute atomic E-state index is 14.2. The second-order valence-electron chi connectivity index (χ2n) is 10.8. The predicted molar refractivity (Wildman–Crippen MR) is 145 cm³/mol. The molecule has 4 aromatic rings. The van der Waals surface area contributed by atoms with Gasteiger partial charge in [0.1, 0.15) is 23.9 Å². The lowest BCUT2D eigenvalue weighted by atomic mass is 9.92. The van der Waals surface area contributed by atoms with E-state index in [1.807, 2.05) is 18.2 Å².